The van der Waals surface area contributed by atoms with E-state index < -0.39 is 0 Å². The molecule has 9 nitrogen and oxygen atoms in total. The standard InChI is InChI=1S/C34H37N7O2S/c1-2-24-20-26(8-10-28(24)25-6-4-3-5-7-25)30-23-44-33(39-30)29-11-9-27(41-17-15-37-32(41)22-36-13-12-35)21-31(29)43-19-18-40-16-14-38-34(40)42/h3-11,15,17,20-21,23,36H,2,12-14,16,18-19,22,35H2,1H3,(H,38,42). The SMILES string of the molecule is CCc1cc(-c2csc(-c3ccc(-n4ccnc4CNCCN)cc3OCCN3CCNC3=O)n2)ccc1-c1ccccc1. The molecule has 2 aromatic heterocycles. The number of nitrogens with two attached hydrogens (primary N) is 1. The van der Waals surface area contributed by atoms with Gasteiger partial charge in [-0.05, 0) is 41.3 Å². The number of urea groups is 1. The summed E-state index contributed by atoms with van der Waals surface area (Å²) in [5.41, 5.74) is 13.3. The molecule has 1 fully saturated rings. The Balaban J connectivity index is 1.29. The number of imidazole rings is 1. The van der Waals surface area contributed by atoms with Crippen LogP contribution in [0.3, 0.4) is 0 Å². The first kappa shape index (κ1) is 29.6. The molecular weight excluding hydrogens is 570 g/mol. The van der Waals surface area contributed by atoms with E-state index in [-0.39, 0.29) is 6.03 Å². The second kappa shape index (κ2) is 13.9. The normalized spacial score (nSPS) is 13.0. The number of amides is 2. The molecule has 0 radical (unpaired) electrons. The van der Waals surface area contributed by atoms with Gasteiger partial charge < -0.3 is 30.6 Å². The molecule has 6 rings (SSSR count). The third-order valence-electron chi connectivity index (χ3n) is 7.73. The monoisotopic (exact) mass is 607 g/mol. The van der Waals surface area contributed by atoms with Gasteiger partial charge in [0.05, 0.1) is 30.0 Å². The van der Waals surface area contributed by atoms with Crippen molar-refractivity contribution in [3.05, 3.63) is 95.9 Å². The van der Waals surface area contributed by atoms with E-state index in [1.165, 1.54) is 16.7 Å². The van der Waals surface area contributed by atoms with Crippen molar-refractivity contribution < 1.29 is 9.53 Å². The molecule has 1 saturated heterocycles. The number of hydrogen-bond donors (Lipinski definition) is 3. The van der Waals surface area contributed by atoms with Gasteiger partial charge in [-0.15, -0.1) is 11.3 Å². The molecule has 4 N–H and O–H groups in total. The highest BCUT2D eigenvalue weighted by molar-refractivity contribution is 7.13. The minimum Gasteiger partial charge on any atom is -0.491 e. The van der Waals surface area contributed by atoms with E-state index in [9.17, 15) is 4.79 Å². The van der Waals surface area contributed by atoms with E-state index in [4.69, 9.17) is 15.5 Å². The van der Waals surface area contributed by atoms with Gasteiger partial charge in [-0.1, -0.05) is 49.4 Å². The van der Waals surface area contributed by atoms with Crippen LogP contribution in [-0.4, -0.2) is 64.8 Å². The van der Waals surface area contributed by atoms with Crippen molar-refractivity contribution in [2.24, 2.45) is 5.73 Å². The summed E-state index contributed by atoms with van der Waals surface area (Å²) in [6.07, 6.45) is 4.67. The molecule has 10 heteroatoms. The number of benzene rings is 3. The molecule has 0 aliphatic carbocycles. The summed E-state index contributed by atoms with van der Waals surface area (Å²) in [5, 5.41) is 9.15. The summed E-state index contributed by atoms with van der Waals surface area (Å²) < 4.78 is 8.42. The summed E-state index contributed by atoms with van der Waals surface area (Å²) in [7, 11) is 0. The molecule has 0 spiro atoms. The fraction of sp³-hybridized carbons (Fsp3) is 0.265. The summed E-state index contributed by atoms with van der Waals surface area (Å²) in [5.74, 6) is 1.60. The van der Waals surface area contributed by atoms with E-state index >= 15 is 0 Å². The fourth-order valence-corrected chi connectivity index (χ4v) is 6.28. The van der Waals surface area contributed by atoms with Gasteiger partial charge >= 0.3 is 6.03 Å². The van der Waals surface area contributed by atoms with Gasteiger partial charge in [0.25, 0.3) is 0 Å². The first-order valence-electron chi connectivity index (χ1n) is 15.0. The highest BCUT2D eigenvalue weighted by Crippen LogP contribution is 2.37. The summed E-state index contributed by atoms with van der Waals surface area (Å²) in [6, 6.07) is 23.2. The van der Waals surface area contributed by atoms with Crippen molar-refractivity contribution in [3.63, 3.8) is 0 Å². The van der Waals surface area contributed by atoms with E-state index in [1.807, 2.05) is 22.9 Å². The Morgan fingerprint density at radius 2 is 1.93 bits per heavy atom. The number of carbonyl (C=O) groups excluding carboxylic acids is 1. The zero-order valence-corrected chi connectivity index (χ0v) is 25.6. The molecule has 1 aliphatic rings. The quantitative estimate of drug-likeness (QED) is 0.156. The highest BCUT2D eigenvalue weighted by Gasteiger charge is 2.20. The van der Waals surface area contributed by atoms with Crippen LogP contribution in [0.25, 0.3) is 38.6 Å². The van der Waals surface area contributed by atoms with Crippen LogP contribution in [0.1, 0.15) is 18.3 Å². The third-order valence-corrected chi connectivity index (χ3v) is 8.61. The lowest BCUT2D eigenvalue weighted by Crippen LogP contribution is -2.31. The van der Waals surface area contributed by atoms with Gasteiger partial charge in [-0.3, -0.25) is 0 Å². The number of ether oxygens (including phenoxy) is 1. The molecular formula is C34H37N7O2S. The van der Waals surface area contributed by atoms with E-state index in [1.54, 1.807) is 22.4 Å². The molecule has 0 saturated carbocycles. The molecule has 2 amide bonds. The van der Waals surface area contributed by atoms with Gasteiger partial charge in [0.1, 0.15) is 23.2 Å². The summed E-state index contributed by atoms with van der Waals surface area (Å²) in [6.45, 7) is 6.29. The summed E-state index contributed by atoms with van der Waals surface area (Å²) >= 11 is 1.60. The van der Waals surface area contributed by atoms with E-state index in [0.29, 0.717) is 51.6 Å². The number of nitrogens with zero attached hydrogens (tertiary/aromatic N) is 4. The molecule has 1 aliphatic heterocycles. The van der Waals surface area contributed by atoms with Crippen molar-refractivity contribution >= 4 is 17.4 Å². The Kier molecular flexibility index (Phi) is 9.31. The maximum absolute atomic E-state index is 12.1. The topological polar surface area (TPSA) is 110 Å². The predicted molar refractivity (Wildman–Crippen MR) is 176 cm³/mol. The average Bonchev–Trinajstić information content (AvgIpc) is 3.83. The van der Waals surface area contributed by atoms with Gasteiger partial charge in [-0.25, -0.2) is 14.8 Å². The van der Waals surface area contributed by atoms with Crippen LogP contribution in [0.15, 0.2) is 84.5 Å². The van der Waals surface area contributed by atoms with Crippen LogP contribution in [0, 0.1) is 0 Å². The lowest BCUT2D eigenvalue weighted by molar-refractivity contribution is 0.203. The second-order valence-corrected chi connectivity index (χ2v) is 11.4. The molecule has 0 bridgehead atoms. The Morgan fingerprint density at radius 1 is 1.07 bits per heavy atom. The lowest BCUT2D eigenvalue weighted by atomic mass is 9.95. The molecule has 0 atom stereocenters. The molecule has 5 aromatic rings. The number of aryl methyl sites for hydroxylation is 1. The maximum atomic E-state index is 12.1. The van der Waals surface area contributed by atoms with Gasteiger partial charge in [0, 0.05) is 55.6 Å². The number of nitrogens with one attached hydrogen (secondary N) is 2. The van der Waals surface area contributed by atoms with Crippen LogP contribution < -0.4 is 21.1 Å². The van der Waals surface area contributed by atoms with Crippen LogP contribution >= 0.6 is 11.3 Å². The Bertz CT molecular complexity index is 1720. The highest BCUT2D eigenvalue weighted by atomic mass is 32.1. The van der Waals surface area contributed by atoms with Gasteiger partial charge in [-0.2, -0.15) is 0 Å². The number of rotatable bonds is 13. The van der Waals surface area contributed by atoms with E-state index in [0.717, 1.165) is 39.8 Å². The molecule has 0 unspecified atom stereocenters. The molecule has 3 aromatic carbocycles. The van der Waals surface area contributed by atoms with Crippen molar-refractivity contribution in [2.75, 3.05) is 39.3 Å². The van der Waals surface area contributed by atoms with Crippen LogP contribution in [0.5, 0.6) is 5.75 Å². The van der Waals surface area contributed by atoms with Gasteiger partial charge in [0.2, 0.25) is 0 Å². The maximum Gasteiger partial charge on any atom is 0.317 e. The van der Waals surface area contributed by atoms with Crippen molar-refractivity contribution in [1.29, 1.82) is 0 Å². The molecule has 3 heterocycles. The Hall–Kier alpha value is -4.51. The van der Waals surface area contributed by atoms with Crippen LogP contribution in [0.2, 0.25) is 0 Å². The third kappa shape index (κ3) is 6.52. The minimum atomic E-state index is -0.0510. The molecule has 44 heavy (non-hydrogen) atoms. The van der Waals surface area contributed by atoms with Gasteiger partial charge in [0.15, 0.2) is 0 Å². The zero-order valence-electron chi connectivity index (χ0n) is 24.8. The fourth-order valence-electron chi connectivity index (χ4n) is 5.42. The predicted octanol–water partition coefficient (Wildman–Crippen LogP) is 5.34. The Morgan fingerprint density at radius 3 is 2.73 bits per heavy atom. The number of thiazole rings is 1. The summed E-state index contributed by atoms with van der Waals surface area (Å²) in [4.78, 5) is 23.4. The minimum absolute atomic E-state index is 0.0510. The smallest absolute Gasteiger partial charge is 0.317 e. The Labute approximate surface area is 261 Å². The number of hydrogen-bond acceptors (Lipinski definition) is 7. The van der Waals surface area contributed by atoms with E-state index in [2.05, 4.69) is 82.5 Å². The largest absolute Gasteiger partial charge is 0.491 e. The number of aromatic nitrogens is 3. The molecule has 226 valence electrons. The average molecular weight is 608 g/mol. The van der Waals surface area contributed by atoms with Crippen molar-refractivity contribution in [2.45, 2.75) is 19.9 Å². The van der Waals surface area contributed by atoms with Crippen LogP contribution in [-0.2, 0) is 13.0 Å². The zero-order chi connectivity index (χ0) is 30.3. The number of carbonyl (C=O) groups is 1. The first-order chi connectivity index (χ1) is 21.6. The first-order valence-corrected chi connectivity index (χ1v) is 15.9. The lowest BCUT2D eigenvalue weighted by Gasteiger charge is -2.17. The van der Waals surface area contributed by atoms with Crippen LogP contribution in [0.4, 0.5) is 4.79 Å². The second-order valence-electron chi connectivity index (χ2n) is 10.6. The van der Waals surface area contributed by atoms with Crippen molar-refractivity contribution in [1.82, 2.24) is 30.1 Å². The van der Waals surface area contributed by atoms with Crippen molar-refractivity contribution in [3.8, 4) is 44.4 Å².